The number of rotatable bonds is 7. The van der Waals surface area contributed by atoms with E-state index >= 15 is 0 Å². The maximum atomic E-state index is 12.1. The molecular weight excluding hydrogens is 453 g/mol. The number of carbonyl (C=O) groups is 1. The SMILES string of the molecule is CCN1CCCC1CNC(N)=NCc1cccc(NC(=O)C2CCC2)c1.I. The third kappa shape index (κ3) is 6.34. The first-order chi connectivity index (χ1) is 12.7. The molecule has 1 aliphatic heterocycles. The van der Waals surface area contributed by atoms with Crippen LogP contribution in [-0.2, 0) is 11.3 Å². The summed E-state index contributed by atoms with van der Waals surface area (Å²) in [6.45, 7) is 5.82. The maximum absolute atomic E-state index is 12.1. The van der Waals surface area contributed by atoms with Crippen LogP contribution in [0.1, 0.15) is 44.6 Å². The maximum Gasteiger partial charge on any atom is 0.227 e. The van der Waals surface area contributed by atoms with Gasteiger partial charge in [0, 0.05) is 24.2 Å². The van der Waals surface area contributed by atoms with Crippen molar-refractivity contribution in [3.63, 3.8) is 0 Å². The Morgan fingerprint density at radius 3 is 2.81 bits per heavy atom. The summed E-state index contributed by atoms with van der Waals surface area (Å²) >= 11 is 0. The minimum absolute atomic E-state index is 0. The van der Waals surface area contributed by atoms with Crippen molar-refractivity contribution < 1.29 is 4.79 Å². The molecular formula is C20H32IN5O. The van der Waals surface area contributed by atoms with Crippen LogP contribution in [0, 0.1) is 5.92 Å². The Morgan fingerprint density at radius 2 is 2.11 bits per heavy atom. The minimum atomic E-state index is 0. The first-order valence-electron chi connectivity index (χ1n) is 9.83. The Kier molecular flexibility index (Phi) is 8.82. The number of nitrogens with two attached hydrogens (primary N) is 1. The molecule has 3 rings (SSSR count). The van der Waals surface area contributed by atoms with Crippen molar-refractivity contribution in [3.8, 4) is 0 Å². The van der Waals surface area contributed by atoms with E-state index < -0.39 is 0 Å². The van der Waals surface area contributed by atoms with E-state index in [4.69, 9.17) is 5.73 Å². The summed E-state index contributed by atoms with van der Waals surface area (Å²) in [5.41, 5.74) is 7.90. The van der Waals surface area contributed by atoms with Crippen LogP contribution in [0.25, 0.3) is 0 Å². The van der Waals surface area contributed by atoms with E-state index in [9.17, 15) is 4.79 Å². The highest BCUT2D eigenvalue weighted by Crippen LogP contribution is 2.27. The number of benzene rings is 1. The van der Waals surface area contributed by atoms with Gasteiger partial charge in [-0.1, -0.05) is 25.5 Å². The fourth-order valence-corrected chi connectivity index (χ4v) is 3.66. The van der Waals surface area contributed by atoms with Gasteiger partial charge in [0.1, 0.15) is 0 Å². The van der Waals surface area contributed by atoms with Crippen molar-refractivity contribution in [2.75, 3.05) is 25.0 Å². The zero-order valence-corrected chi connectivity index (χ0v) is 18.4. The number of anilines is 1. The molecule has 1 saturated carbocycles. The van der Waals surface area contributed by atoms with Gasteiger partial charge in [0.2, 0.25) is 5.91 Å². The number of amides is 1. The summed E-state index contributed by atoms with van der Waals surface area (Å²) in [6.07, 6.45) is 5.66. The second-order valence-corrected chi connectivity index (χ2v) is 7.32. The van der Waals surface area contributed by atoms with Crippen LogP contribution in [0.2, 0.25) is 0 Å². The van der Waals surface area contributed by atoms with Gasteiger partial charge in [-0.2, -0.15) is 0 Å². The van der Waals surface area contributed by atoms with Crippen LogP contribution < -0.4 is 16.4 Å². The normalized spacial score (nSPS) is 20.6. The number of likely N-dealkylation sites (N-methyl/N-ethyl adjacent to an activating group) is 1. The highest BCUT2D eigenvalue weighted by molar-refractivity contribution is 14.0. The molecule has 6 nitrogen and oxygen atoms in total. The molecule has 1 aromatic rings. The number of hydrogen-bond acceptors (Lipinski definition) is 3. The summed E-state index contributed by atoms with van der Waals surface area (Å²) in [5.74, 6) is 0.807. The lowest BCUT2D eigenvalue weighted by molar-refractivity contribution is -0.122. The monoisotopic (exact) mass is 485 g/mol. The Balaban J connectivity index is 0.00000261. The van der Waals surface area contributed by atoms with E-state index in [1.807, 2.05) is 24.3 Å². The predicted octanol–water partition coefficient (Wildman–Crippen LogP) is 2.93. The van der Waals surface area contributed by atoms with E-state index in [1.165, 1.54) is 19.4 Å². The van der Waals surface area contributed by atoms with E-state index in [-0.39, 0.29) is 35.8 Å². The summed E-state index contributed by atoms with van der Waals surface area (Å²) in [6, 6.07) is 8.40. The lowest BCUT2D eigenvalue weighted by Crippen LogP contribution is -2.42. The molecule has 0 aromatic heterocycles. The van der Waals surface area contributed by atoms with Crippen LogP contribution in [-0.4, -0.2) is 42.4 Å². The highest BCUT2D eigenvalue weighted by Gasteiger charge is 2.25. The average molecular weight is 485 g/mol. The largest absolute Gasteiger partial charge is 0.370 e. The Hall–Kier alpha value is -1.35. The molecule has 27 heavy (non-hydrogen) atoms. The number of carbonyl (C=O) groups excluding carboxylic acids is 1. The van der Waals surface area contributed by atoms with Gasteiger partial charge >= 0.3 is 0 Å². The van der Waals surface area contributed by atoms with Gasteiger partial charge in [0.25, 0.3) is 0 Å². The minimum Gasteiger partial charge on any atom is -0.370 e. The van der Waals surface area contributed by atoms with E-state index in [0.29, 0.717) is 18.5 Å². The fraction of sp³-hybridized carbons (Fsp3) is 0.600. The van der Waals surface area contributed by atoms with Crippen LogP contribution in [0.15, 0.2) is 29.3 Å². The van der Waals surface area contributed by atoms with Crippen LogP contribution >= 0.6 is 24.0 Å². The third-order valence-electron chi connectivity index (χ3n) is 5.53. The number of nitrogens with one attached hydrogen (secondary N) is 2. The summed E-state index contributed by atoms with van der Waals surface area (Å²) < 4.78 is 0. The van der Waals surface area contributed by atoms with Gasteiger partial charge in [-0.05, 0) is 56.5 Å². The summed E-state index contributed by atoms with van der Waals surface area (Å²) in [7, 11) is 0. The number of hydrogen-bond donors (Lipinski definition) is 3. The molecule has 0 spiro atoms. The zero-order chi connectivity index (χ0) is 18.4. The van der Waals surface area contributed by atoms with Gasteiger partial charge in [0.15, 0.2) is 5.96 Å². The molecule has 0 radical (unpaired) electrons. The first-order valence-corrected chi connectivity index (χ1v) is 9.83. The molecule has 4 N–H and O–H groups in total. The Morgan fingerprint density at radius 1 is 1.30 bits per heavy atom. The summed E-state index contributed by atoms with van der Waals surface area (Å²) in [4.78, 5) is 19.0. The number of aliphatic imine (C=N–C) groups is 1. The predicted molar refractivity (Wildman–Crippen MR) is 121 cm³/mol. The van der Waals surface area contributed by atoms with Crippen molar-refractivity contribution in [1.29, 1.82) is 0 Å². The highest BCUT2D eigenvalue weighted by atomic mass is 127. The smallest absolute Gasteiger partial charge is 0.227 e. The van der Waals surface area contributed by atoms with E-state index in [2.05, 4.69) is 27.4 Å². The molecule has 0 bridgehead atoms. The summed E-state index contributed by atoms with van der Waals surface area (Å²) in [5, 5.41) is 6.26. The Bertz CT molecular complexity index is 647. The molecule has 1 aromatic carbocycles. The van der Waals surface area contributed by atoms with Gasteiger partial charge in [-0.25, -0.2) is 4.99 Å². The number of halogens is 1. The van der Waals surface area contributed by atoms with Crippen LogP contribution in [0.3, 0.4) is 0 Å². The van der Waals surface area contributed by atoms with Crippen LogP contribution in [0.5, 0.6) is 0 Å². The molecule has 1 aliphatic carbocycles. The molecule has 7 heteroatoms. The molecule has 1 amide bonds. The second kappa shape index (κ2) is 10.8. The zero-order valence-electron chi connectivity index (χ0n) is 16.1. The van der Waals surface area contributed by atoms with E-state index in [0.717, 1.165) is 43.6 Å². The molecule has 1 heterocycles. The molecule has 2 fully saturated rings. The van der Waals surface area contributed by atoms with Gasteiger partial charge in [-0.15, -0.1) is 24.0 Å². The number of guanidine groups is 1. The lowest BCUT2D eigenvalue weighted by atomic mass is 9.85. The van der Waals surface area contributed by atoms with Crippen molar-refractivity contribution in [2.45, 2.75) is 51.6 Å². The van der Waals surface area contributed by atoms with Crippen molar-refractivity contribution in [3.05, 3.63) is 29.8 Å². The van der Waals surface area contributed by atoms with E-state index in [1.54, 1.807) is 0 Å². The number of likely N-dealkylation sites (tertiary alicyclic amines) is 1. The Labute approximate surface area is 179 Å². The molecule has 2 aliphatic rings. The number of nitrogens with zero attached hydrogens (tertiary/aromatic N) is 2. The average Bonchev–Trinajstić information content (AvgIpc) is 3.04. The molecule has 150 valence electrons. The third-order valence-corrected chi connectivity index (χ3v) is 5.53. The van der Waals surface area contributed by atoms with Crippen molar-refractivity contribution >= 4 is 41.5 Å². The van der Waals surface area contributed by atoms with Gasteiger partial charge in [0.05, 0.1) is 6.54 Å². The topological polar surface area (TPSA) is 82.8 Å². The van der Waals surface area contributed by atoms with Gasteiger partial charge < -0.3 is 16.4 Å². The quantitative estimate of drug-likeness (QED) is 0.315. The first kappa shape index (κ1) is 21.9. The van der Waals surface area contributed by atoms with Crippen molar-refractivity contribution in [1.82, 2.24) is 10.2 Å². The second-order valence-electron chi connectivity index (χ2n) is 7.32. The molecule has 1 saturated heterocycles. The molecule has 1 unspecified atom stereocenters. The van der Waals surface area contributed by atoms with Gasteiger partial charge in [-0.3, -0.25) is 9.69 Å². The van der Waals surface area contributed by atoms with Crippen molar-refractivity contribution in [2.24, 2.45) is 16.6 Å². The standard InChI is InChI=1S/C20H31N5O.HI/c1-2-25-11-5-10-18(25)14-23-20(21)22-13-15-6-3-9-17(12-15)24-19(26)16-7-4-8-16;/h3,6,9,12,16,18H,2,4-5,7-8,10-11,13-14H2,1H3,(H,24,26)(H3,21,22,23);1H. The fourth-order valence-electron chi connectivity index (χ4n) is 3.66. The lowest BCUT2D eigenvalue weighted by Gasteiger charge is -2.24. The van der Waals surface area contributed by atoms with Crippen LogP contribution in [0.4, 0.5) is 5.69 Å². The molecule has 1 atom stereocenters.